The van der Waals surface area contributed by atoms with Crippen molar-refractivity contribution in [3.63, 3.8) is 0 Å². The Labute approximate surface area is 264 Å². The summed E-state index contributed by atoms with van der Waals surface area (Å²) in [4.78, 5) is 15.7. The fourth-order valence-electron chi connectivity index (χ4n) is 5.14. The average molecular weight is 632 g/mol. The van der Waals surface area contributed by atoms with Crippen molar-refractivity contribution in [1.82, 2.24) is 19.9 Å². The molecule has 0 fully saturated rings. The molecule has 0 aliphatic carbocycles. The zero-order valence-corrected chi connectivity index (χ0v) is 25.7. The minimum absolute atomic E-state index is 0.0503. The molecule has 0 bridgehead atoms. The third-order valence-electron chi connectivity index (χ3n) is 7.21. The largest absolute Gasteiger partial charge is 0.491 e. The van der Waals surface area contributed by atoms with Crippen molar-refractivity contribution in [3.8, 4) is 5.75 Å². The number of ether oxygens (including phenoxy) is 1. The van der Waals surface area contributed by atoms with Gasteiger partial charge in [-0.15, -0.1) is 0 Å². The fraction of sp³-hybridized carbons (Fsp3) is 0.182. The molecule has 3 aromatic heterocycles. The van der Waals surface area contributed by atoms with E-state index in [2.05, 4.69) is 37.5 Å². The summed E-state index contributed by atoms with van der Waals surface area (Å²) in [7, 11) is 2.11. The molecule has 6 rings (SSSR count). The molecule has 0 radical (unpaired) electrons. The number of benzene rings is 3. The molecule has 1 atom stereocenters. The summed E-state index contributed by atoms with van der Waals surface area (Å²) >= 11 is 18.6. The second kappa shape index (κ2) is 13.2. The van der Waals surface area contributed by atoms with E-state index in [4.69, 9.17) is 39.5 Å². The van der Waals surface area contributed by atoms with E-state index in [0.717, 1.165) is 69.5 Å². The number of nitrogens with one attached hydrogen (secondary N) is 2. The van der Waals surface area contributed by atoms with Crippen LogP contribution >= 0.6 is 34.8 Å². The summed E-state index contributed by atoms with van der Waals surface area (Å²) in [6.07, 6.45) is 5.33. The molecule has 218 valence electrons. The monoisotopic (exact) mass is 630 g/mol. The number of nitrogens with zero attached hydrogens (tertiary/aromatic N) is 4. The molecule has 3 heterocycles. The van der Waals surface area contributed by atoms with Crippen LogP contribution in [-0.4, -0.2) is 59.2 Å². The van der Waals surface area contributed by atoms with Gasteiger partial charge in [-0.1, -0.05) is 34.8 Å². The van der Waals surface area contributed by atoms with Gasteiger partial charge in [0.2, 0.25) is 0 Å². The lowest BCUT2D eigenvalue weighted by atomic mass is 10.1. The van der Waals surface area contributed by atoms with Crippen molar-refractivity contribution < 1.29 is 4.74 Å². The Balaban J connectivity index is 1.18. The quantitative estimate of drug-likeness (QED) is 0.149. The topological polar surface area (TPSA) is 75.2 Å². The van der Waals surface area contributed by atoms with Crippen LogP contribution in [0.5, 0.6) is 5.75 Å². The summed E-state index contributed by atoms with van der Waals surface area (Å²) < 4.78 is 6.41. The van der Waals surface area contributed by atoms with Crippen molar-refractivity contribution in [3.05, 3.63) is 106 Å². The number of likely N-dealkylation sites (N-methyl/N-ethyl adjacent to an activating group) is 1. The summed E-state index contributed by atoms with van der Waals surface area (Å²) in [6.45, 7) is 2.70. The van der Waals surface area contributed by atoms with Gasteiger partial charge >= 0.3 is 0 Å². The van der Waals surface area contributed by atoms with E-state index < -0.39 is 0 Å². The first-order chi connectivity index (χ1) is 20.9. The minimum Gasteiger partial charge on any atom is -0.491 e. The Morgan fingerprint density at radius 2 is 1.23 bits per heavy atom. The van der Waals surface area contributed by atoms with E-state index in [-0.39, 0.29) is 6.04 Å². The van der Waals surface area contributed by atoms with Crippen LogP contribution in [0.3, 0.4) is 0 Å². The predicted octanol–water partition coefficient (Wildman–Crippen LogP) is 8.19. The summed E-state index contributed by atoms with van der Waals surface area (Å²) in [5.74, 6) is 0.758. The van der Waals surface area contributed by atoms with Crippen molar-refractivity contribution in [1.29, 1.82) is 0 Å². The van der Waals surface area contributed by atoms with Crippen LogP contribution in [0.1, 0.15) is 0 Å². The number of pyridine rings is 3. The maximum atomic E-state index is 6.41. The molecule has 10 heteroatoms. The highest BCUT2D eigenvalue weighted by Crippen LogP contribution is 2.28. The molecule has 0 spiro atoms. The van der Waals surface area contributed by atoms with Gasteiger partial charge in [0.15, 0.2) is 0 Å². The highest BCUT2D eigenvalue weighted by Gasteiger charge is 2.16. The lowest BCUT2D eigenvalue weighted by Gasteiger charge is -2.27. The molecule has 43 heavy (non-hydrogen) atoms. The molecule has 0 aliphatic heterocycles. The highest BCUT2D eigenvalue weighted by atomic mass is 35.5. The normalized spacial score (nSPS) is 12.2. The first kappa shape index (κ1) is 29.2. The molecule has 6 aromatic rings. The number of aromatic nitrogens is 3. The molecule has 2 N–H and O–H groups in total. The van der Waals surface area contributed by atoms with E-state index in [9.17, 15) is 0 Å². The molecule has 0 unspecified atom stereocenters. The minimum atomic E-state index is -0.0503. The van der Waals surface area contributed by atoms with E-state index in [1.54, 1.807) is 18.6 Å². The number of anilines is 2. The molecule has 0 saturated heterocycles. The zero-order chi connectivity index (χ0) is 29.8. The van der Waals surface area contributed by atoms with E-state index in [1.165, 1.54) is 0 Å². The Bertz CT molecular complexity index is 1900. The standard InChI is InChI=1S/C33H29Cl3N6O/c1-42(15-14-40-28-8-11-37-30-16-21(34)2-5-25(28)30)19-24(41-29-9-12-38-31-17-22(35)3-6-26(29)31)20-43-33-10-13-39-32-18-23(36)4-7-27(32)33/h2-13,16-18,24H,14-15,19-20H2,1H3,(H,37,40)(H,38,41)/t24-/m1/s1. The van der Waals surface area contributed by atoms with Crippen LogP contribution in [0.2, 0.25) is 15.1 Å². The van der Waals surface area contributed by atoms with Crippen LogP contribution in [0.15, 0.2) is 91.4 Å². The Hall–Kier alpha value is -3.88. The molecular formula is C33H29Cl3N6O. The summed E-state index contributed by atoms with van der Waals surface area (Å²) in [6, 6.07) is 22.9. The Morgan fingerprint density at radius 1 is 0.698 bits per heavy atom. The Morgan fingerprint density at radius 3 is 1.88 bits per heavy atom. The first-order valence-electron chi connectivity index (χ1n) is 13.9. The number of hydrogen-bond donors (Lipinski definition) is 2. The van der Waals surface area contributed by atoms with E-state index >= 15 is 0 Å². The van der Waals surface area contributed by atoms with Gasteiger partial charge in [-0.3, -0.25) is 15.0 Å². The van der Waals surface area contributed by atoms with Gasteiger partial charge in [0.05, 0.1) is 22.6 Å². The molecule has 0 aliphatic rings. The second-order valence-electron chi connectivity index (χ2n) is 10.4. The third-order valence-corrected chi connectivity index (χ3v) is 7.92. The van der Waals surface area contributed by atoms with Crippen molar-refractivity contribution in [2.45, 2.75) is 6.04 Å². The van der Waals surface area contributed by atoms with Gasteiger partial charge in [-0.05, 0) is 79.8 Å². The van der Waals surface area contributed by atoms with Crippen LogP contribution < -0.4 is 15.4 Å². The Kier molecular flexibility index (Phi) is 8.95. The lowest BCUT2D eigenvalue weighted by Crippen LogP contribution is -2.40. The first-order valence-corrected chi connectivity index (χ1v) is 15.0. The third kappa shape index (κ3) is 7.03. The van der Waals surface area contributed by atoms with E-state index in [1.807, 2.05) is 72.8 Å². The number of hydrogen-bond acceptors (Lipinski definition) is 7. The van der Waals surface area contributed by atoms with Crippen LogP contribution in [-0.2, 0) is 0 Å². The molecule has 3 aromatic carbocycles. The molecule has 0 amide bonds. The van der Waals surface area contributed by atoms with E-state index in [0.29, 0.717) is 21.7 Å². The van der Waals surface area contributed by atoms with Crippen LogP contribution in [0, 0.1) is 0 Å². The van der Waals surface area contributed by atoms with Gasteiger partial charge in [0.1, 0.15) is 12.4 Å². The molecular weight excluding hydrogens is 603 g/mol. The predicted molar refractivity (Wildman–Crippen MR) is 179 cm³/mol. The second-order valence-corrected chi connectivity index (χ2v) is 11.7. The summed E-state index contributed by atoms with van der Waals surface area (Å²) in [5, 5.41) is 12.2. The van der Waals surface area contributed by atoms with Crippen LogP contribution in [0.25, 0.3) is 32.7 Å². The number of fused-ring (bicyclic) bond motifs is 3. The average Bonchev–Trinajstić information content (AvgIpc) is 2.99. The van der Waals surface area contributed by atoms with Crippen molar-refractivity contribution in [2.75, 3.05) is 43.9 Å². The maximum Gasteiger partial charge on any atom is 0.130 e. The smallest absolute Gasteiger partial charge is 0.130 e. The lowest BCUT2D eigenvalue weighted by molar-refractivity contribution is 0.251. The van der Waals surface area contributed by atoms with Crippen molar-refractivity contribution in [2.24, 2.45) is 0 Å². The molecule has 0 saturated carbocycles. The number of halogens is 3. The van der Waals surface area contributed by atoms with Gasteiger partial charge in [0.25, 0.3) is 0 Å². The fourth-order valence-corrected chi connectivity index (χ4v) is 5.64. The molecule has 7 nitrogen and oxygen atoms in total. The SMILES string of the molecule is CN(CCNc1ccnc2cc(Cl)ccc12)C[C@H](COc1ccnc2cc(Cl)ccc12)Nc1ccnc2cc(Cl)ccc12. The van der Waals surface area contributed by atoms with Gasteiger partial charge in [-0.2, -0.15) is 0 Å². The maximum absolute atomic E-state index is 6.41. The van der Waals surface area contributed by atoms with Gasteiger partial charge < -0.3 is 20.3 Å². The van der Waals surface area contributed by atoms with Gasteiger partial charge in [-0.25, -0.2) is 0 Å². The highest BCUT2D eigenvalue weighted by molar-refractivity contribution is 6.32. The van der Waals surface area contributed by atoms with Gasteiger partial charge in [0, 0.05) is 80.8 Å². The zero-order valence-electron chi connectivity index (χ0n) is 23.4. The van der Waals surface area contributed by atoms with Crippen LogP contribution in [0.4, 0.5) is 11.4 Å². The van der Waals surface area contributed by atoms with Crippen molar-refractivity contribution >= 4 is 78.9 Å². The number of rotatable bonds is 11. The summed E-state index contributed by atoms with van der Waals surface area (Å²) in [5.41, 5.74) is 4.48.